The minimum Gasteiger partial charge on any atom is -0.480 e. The second kappa shape index (κ2) is 23.4. The molecule has 0 spiro atoms. The van der Waals surface area contributed by atoms with E-state index in [2.05, 4.69) is 51.8 Å². The number of aliphatic hydroxyl groups excluding tert-OH is 2. The lowest BCUT2D eigenvalue weighted by molar-refractivity contribution is -0.142. The largest absolute Gasteiger partial charge is 0.480 e. The van der Waals surface area contributed by atoms with Crippen LogP contribution < -0.4 is 43.4 Å². The molecule has 0 saturated heterocycles. The van der Waals surface area contributed by atoms with E-state index < -0.39 is 96.9 Å². The number of aliphatic hydroxyl groups is 2. The monoisotopic (exact) mass is 778 g/mol. The van der Waals surface area contributed by atoms with Gasteiger partial charge in [-0.3, -0.25) is 28.8 Å². The lowest BCUT2D eigenvalue weighted by atomic mass is 10.0. The number of hydrogen-bond acceptors (Lipinski definition) is 13. The molecule has 6 amide bonds. The van der Waals surface area contributed by atoms with Crippen molar-refractivity contribution in [1.82, 2.24) is 51.8 Å². The van der Waals surface area contributed by atoms with E-state index in [9.17, 15) is 48.9 Å². The molecule has 0 bridgehead atoms. The van der Waals surface area contributed by atoms with Gasteiger partial charge in [0.25, 0.3) is 0 Å². The number of imidazole rings is 2. The summed E-state index contributed by atoms with van der Waals surface area (Å²) in [6.07, 6.45) is 5.10. The highest BCUT2D eigenvalue weighted by Gasteiger charge is 2.34. The predicted octanol–water partition coefficient (Wildman–Crippen LogP) is -4.58. The highest BCUT2D eigenvalue weighted by Crippen LogP contribution is 2.09. The second-order valence-corrected chi connectivity index (χ2v) is 13.4. The highest BCUT2D eigenvalue weighted by atomic mass is 16.4. The van der Waals surface area contributed by atoms with Crippen LogP contribution >= 0.6 is 0 Å². The Labute approximate surface area is 317 Å². The van der Waals surface area contributed by atoms with Crippen LogP contribution in [-0.2, 0) is 46.4 Å². The number of aliphatic carboxylic acids is 1. The molecule has 2 aromatic rings. The van der Waals surface area contributed by atoms with E-state index in [1.807, 2.05) is 0 Å². The maximum atomic E-state index is 13.5. The molecular formula is C33H54N12O10. The SMILES string of the molecule is CC(C)C[C@H](NC(=O)CNC(=O)[C@H](CO)NC(=O)[C@@H](N)Cc1cnc[nH]1)C(=O)N[C@H](C(=O)N[C@@H](CCCCN)C(=O)N[C@@H](Cc1cnc[nH]1)C(=O)O)[C@@H](C)O. The van der Waals surface area contributed by atoms with E-state index in [4.69, 9.17) is 11.5 Å². The summed E-state index contributed by atoms with van der Waals surface area (Å²) in [6, 6.07) is -8.03. The Kier molecular flexibility index (Phi) is 19.4. The summed E-state index contributed by atoms with van der Waals surface area (Å²) < 4.78 is 0. The molecule has 0 aromatic carbocycles. The molecule has 55 heavy (non-hydrogen) atoms. The lowest BCUT2D eigenvalue weighted by Gasteiger charge is -2.28. The number of carboxylic acids is 1. The zero-order chi connectivity index (χ0) is 41.1. The van der Waals surface area contributed by atoms with Gasteiger partial charge in [-0.1, -0.05) is 13.8 Å². The zero-order valence-electron chi connectivity index (χ0n) is 31.0. The minimum absolute atomic E-state index is 0.0577. The Morgan fingerprint density at radius 1 is 0.745 bits per heavy atom. The van der Waals surface area contributed by atoms with E-state index in [-0.39, 0.29) is 31.6 Å². The first-order chi connectivity index (χ1) is 26.1. The van der Waals surface area contributed by atoms with Crippen LogP contribution in [0.5, 0.6) is 0 Å². The van der Waals surface area contributed by atoms with E-state index in [0.717, 1.165) is 0 Å². The molecule has 0 aliphatic carbocycles. The van der Waals surface area contributed by atoms with Crippen LogP contribution in [0.1, 0.15) is 57.8 Å². The standard InChI is InChI=1S/C33H54N12O10/c1-17(2)8-23(41-26(48)13-38-29(50)25(14-46)44-28(49)21(35)9-19-11-36-15-39-19)31(52)45-27(18(3)47)32(53)42-22(6-4-5-7-34)30(51)43-24(33(54)55)10-20-12-37-16-40-20/h11-12,15-18,21-25,27,46-47H,4-10,13-14,34-35H2,1-3H3,(H,36,39)(H,37,40)(H,38,50)(H,41,48)(H,42,53)(H,43,51)(H,44,49)(H,45,52)(H,54,55)/t18-,21+,22+,23+,24+,25+,27+/m1/s1. The highest BCUT2D eigenvalue weighted by molar-refractivity contribution is 5.96. The van der Waals surface area contributed by atoms with Gasteiger partial charge in [0.1, 0.15) is 30.2 Å². The van der Waals surface area contributed by atoms with Crippen molar-refractivity contribution in [2.75, 3.05) is 19.7 Å². The van der Waals surface area contributed by atoms with Crippen LogP contribution in [0.3, 0.4) is 0 Å². The quantitative estimate of drug-likeness (QED) is 0.0422. The maximum Gasteiger partial charge on any atom is 0.326 e. The molecule has 22 heteroatoms. The van der Waals surface area contributed by atoms with E-state index >= 15 is 0 Å². The van der Waals surface area contributed by atoms with E-state index in [1.54, 1.807) is 13.8 Å². The molecule has 2 heterocycles. The van der Waals surface area contributed by atoms with Crippen LogP contribution in [0.25, 0.3) is 0 Å². The Morgan fingerprint density at radius 2 is 1.33 bits per heavy atom. The summed E-state index contributed by atoms with van der Waals surface area (Å²) in [6.45, 7) is 3.58. The first-order valence-electron chi connectivity index (χ1n) is 17.8. The van der Waals surface area contributed by atoms with Gasteiger partial charge in [-0.25, -0.2) is 14.8 Å². The smallest absolute Gasteiger partial charge is 0.326 e. The molecule has 7 atom stereocenters. The first-order valence-corrected chi connectivity index (χ1v) is 17.8. The van der Waals surface area contributed by atoms with Crippen LogP contribution in [0, 0.1) is 5.92 Å². The molecule has 0 aliphatic rings. The number of rotatable bonds is 25. The average molecular weight is 779 g/mol. The number of hydrogen-bond donors (Lipinski definition) is 13. The van der Waals surface area contributed by atoms with Crippen molar-refractivity contribution >= 4 is 41.4 Å². The van der Waals surface area contributed by atoms with Crippen molar-refractivity contribution in [2.24, 2.45) is 17.4 Å². The Morgan fingerprint density at radius 3 is 1.85 bits per heavy atom. The average Bonchev–Trinajstić information content (AvgIpc) is 3.85. The summed E-state index contributed by atoms with van der Waals surface area (Å²) in [4.78, 5) is 103. The van der Waals surface area contributed by atoms with Gasteiger partial charge in [-0.15, -0.1) is 0 Å². The molecular weight excluding hydrogens is 724 g/mol. The maximum absolute atomic E-state index is 13.5. The van der Waals surface area contributed by atoms with Gasteiger partial charge in [-0.05, 0) is 45.1 Å². The third kappa shape index (κ3) is 16.2. The summed E-state index contributed by atoms with van der Waals surface area (Å²) in [5, 5.41) is 44.3. The van der Waals surface area contributed by atoms with Gasteiger partial charge in [-0.2, -0.15) is 0 Å². The number of carbonyl (C=O) groups excluding carboxylic acids is 6. The van der Waals surface area contributed by atoms with E-state index in [1.165, 1.54) is 32.0 Å². The van der Waals surface area contributed by atoms with Gasteiger partial charge in [0.05, 0.1) is 38.0 Å². The van der Waals surface area contributed by atoms with Crippen LogP contribution in [0.4, 0.5) is 0 Å². The number of H-pyrrole nitrogens is 2. The Bertz CT molecular complexity index is 1540. The molecule has 0 radical (unpaired) electrons. The first kappa shape index (κ1) is 45.7. The molecule has 0 fully saturated rings. The molecule has 22 nitrogen and oxygen atoms in total. The summed E-state index contributed by atoms with van der Waals surface area (Å²) in [7, 11) is 0. The van der Waals surface area contributed by atoms with Crippen molar-refractivity contribution in [3.05, 3.63) is 36.4 Å². The number of aromatic nitrogens is 4. The van der Waals surface area contributed by atoms with Crippen LogP contribution in [-0.4, -0.2) is 139 Å². The van der Waals surface area contributed by atoms with Crippen molar-refractivity contribution < 1.29 is 48.9 Å². The predicted molar refractivity (Wildman–Crippen MR) is 194 cm³/mol. The number of aromatic amines is 2. The van der Waals surface area contributed by atoms with E-state index in [0.29, 0.717) is 30.8 Å². The van der Waals surface area contributed by atoms with Gasteiger partial charge in [0.2, 0.25) is 35.4 Å². The number of amides is 6. The van der Waals surface area contributed by atoms with Crippen molar-refractivity contribution in [1.29, 1.82) is 0 Å². The molecule has 0 aliphatic heterocycles. The molecule has 0 unspecified atom stereocenters. The molecule has 2 aromatic heterocycles. The summed E-state index contributed by atoms with van der Waals surface area (Å²) in [5.41, 5.74) is 12.5. The summed E-state index contributed by atoms with van der Waals surface area (Å²) in [5.74, 6) is -6.61. The van der Waals surface area contributed by atoms with Crippen LogP contribution in [0.2, 0.25) is 0 Å². The van der Waals surface area contributed by atoms with Crippen molar-refractivity contribution in [3.63, 3.8) is 0 Å². The molecule has 0 saturated carbocycles. The fourth-order valence-electron chi connectivity index (χ4n) is 5.21. The fraction of sp³-hybridized carbons (Fsp3) is 0.606. The number of carboxylic acid groups (broad SMARTS) is 1. The number of carbonyl (C=O) groups is 7. The third-order valence-corrected chi connectivity index (χ3v) is 8.17. The molecule has 306 valence electrons. The summed E-state index contributed by atoms with van der Waals surface area (Å²) >= 11 is 0. The number of unbranched alkanes of at least 4 members (excludes halogenated alkanes) is 1. The fourth-order valence-corrected chi connectivity index (χ4v) is 5.21. The lowest BCUT2D eigenvalue weighted by Crippen LogP contribution is -2.61. The minimum atomic E-state index is -1.61. The Balaban J connectivity index is 2.07. The number of nitrogens with zero attached hydrogens (tertiary/aromatic N) is 2. The number of nitrogens with two attached hydrogens (primary N) is 2. The van der Waals surface area contributed by atoms with Crippen molar-refractivity contribution in [2.45, 2.75) is 102 Å². The number of nitrogens with one attached hydrogen (secondary N) is 8. The second-order valence-electron chi connectivity index (χ2n) is 13.4. The third-order valence-electron chi connectivity index (χ3n) is 8.17. The topological polar surface area (TPSA) is 362 Å². The molecule has 2 rings (SSSR count). The normalized spacial score (nSPS) is 15.0. The van der Waals surface area contributed by atoms with Gasteiger partial charge < -0.3 is 68.7 Å². The van der Waals surface area contributed by atoms with Gasteiger partial charge >= 0.3 is 5.97 Å². The van der Waals surface area contributed by atoms with Gasteiger partial charge in [0, 0.05) is 36.6 Å². The van der Waals surface area contributed by atoms with Gasteiger partial charge in [0.15, 0.2) is 0 Å². The Hall–Kier alpha value is -5.45. The zero-order valence-corrected chi connectivity index (χ0v) is 31.0. The molecule has 15 N–H and O–H groups in total. The van der Waals surface area contributed by atoms with Crippen LogP contribution in [0.15, 0.2) is 25.0 Å². The van der Waals surface area contributed by atoms with Crippen molar-refractivity contribution in [3.8, 4) is 0 Å².